The summed E-state index contributed by atoms with van der Waals surface area (Å²) in [5, 5.41) is 11.7. The van der Waals surface area contributed by atoms with Gasteiger partial charge in [-0.25, -0.2) is 4.79 Å². The molecule has 0 aromatic carbocycles. The molecule has 0 saturated heterocycles. The Balaban J connectivity index is 2.40. The van der Waals surface area contributed by atoms with E-state index in [1.54, 1.807) is 0 Å². The molecule has 1 fully saturated rings. The highest BCUT2D eigenvalue weighted by molar-refractivity contribution is 5.69. The molecule has 1 saturated carbocycles. The van der Waals surface area contributed by atoms with Crippen LogP contribution in [0.5, 0.6) is 0 Å². The van der Waals surface area contributed by atoms with Crippen LogP contribution in [-0.4, -0.2) is 44.0 Å². The summed E-state index contributed by atoms with van der Waals surface area (Å²) in [7, 11) is 1.53. The van der Waals surface area contributed by atoms with Crippen LogP contribution < -0.4 is 5.32 Å². The molecular weight excluding hydrogens is 250 g/mol. The van der Waals surface area contributed by atoms with Crippen LogP contribution in [0.2, 0.25) is 0 Å². The van der Waals surface area contributed by atoms with E-state index >= 15 is 0 Å². The lowest BCUT2D eigenvalue weighted by atomic mass is 9.72. The number of carbonyl (C=O) groups excluding carboxylic acids is 1. The maximum atomic E-state index is 11.5. The van der Waals surface area contributed by atoms with E-state index in [2.05, 4.69) is 5.32 Å². The van der Waals surface area contributed by atoms with Crippen molar-refractivity contribution >= 4 is 12.1 Å². The number of methoxy groups -OCH3 is 1. The van der Waals surface area contributed by atoms with Crippen LogP contribution in [-0.2, 0) is 14.3 Å². The lowest BCUT2D eigenvalue weighted by Gasteiger charge is -2.36. The second kappa shape index (κ2) is 7.99. The summed E-state index contributed by atoms with van der Waals surface area (Å²) in [6.07, 6.45) is 4.47. The average Bonchev–Trinajstić information content (AvgIpc) is 2.37. The van der Waals surface area contributed by atoms with Gasteiger partial charge < -0.3 is 19.9 Å². The number of alkyl carbamates (subject to hydrolysis) is 1. The van der Waals surface area contributed by atoms with Crippen molar-refractivity contribution in [3.8, 4) is 0 Å². The van der Waals surface area contributed by atoms with Gasteiger partial charge in [-0.1, -0.05) is 19.3 Å². The third-order valence-electron chi connectivity index (χ3n) is 3.57. The lowest BCUT2D eigenvalue weighted by molar-refractivity contribution is -0.140. The van der Waals surface area contributed by atoms with E-state index < -0.39 is 12.1 Å². The molecule has 0 bridgehead atoms. The molecular formula is C13H23NO5. The van der Waals surface area contributed by atoms with Crippen molar-refractivity contribution in [1.82, 2.24) is 5.32 Å². The number of carboxylic acids is 1. The molecule has 0 radical (unpaired) electrons. The van der Waals surface area contributed by atoms with E-state index in [0.717, 1.165) is 32.1 Å². The van der Waals surface area contributed by atoms with Gasteiger partial charge in [0.25, 0.3) is 0 Å². The van der Waals surface area contributed by atoms with E-state index in [0.29, 0.717) is 13.2 Å². The Kier molecular flexibility index (Phi) is 6.62. The first-order valence-electron chi connectivity index (χ1n) is 6.69. The monoisotopic (exact) mass is 273 g/mol. The number of carboxylic acid groups (broad SMARTS) is 1. The number of carbonyl (C=O) groups is 2. The number of nitrogens with one attached hydrogen (secondary N) is 1. The van der Waals surface area contributed by atoms with E-state index in [1.807, 2.05) is 0 Å². The second-order valence-electron chi connectivity index (χ2n) is 5.11. The zero-order valence-corrected chi connectivity index (χ0v) is 11.4. The van der Waals surface area contributed by atoms with Gasteiger partial charge in [-0.3, -0.25) is 4.79 Å². The predicted molar refractivity (Wildman–Crippen MR) is 69.0 cm³/mol. The number of hydrogen-bond donors (Lipinski definition) is 2. The van der Waals surface area contributed by atoms with E-state index in [-0.39, 0.29) is 18.4 Å². The van der Waals surface area contributed by atoms with Crippen molar-refractivity contribution in [2.75, 3.05) is 26.9 Å². The van der Waals surface area contributed by atoms with Gasteiger partial charge in [-0.2, -0.15) is 0 Å². The van der Waals surface area contributed by atoms with Crippen molar-refractivity contribution in [3.05, 3.63) is 0 Å². The first kappa shape index (κ1) is 15.8. The van der Waals surface area contributed by atoms with Crippen LogP contribution in [0, 0.1) is 5.41 Å². The Morgan fingerprint density at radius 2 is 1.89 bits per heavy atom. The molecule has 0 spiro atoms. The summed E-state index contributed by atoms with van der Waals surface area (Å²) in [6.45, 7) is 0.924. The Bertz CT molecular complexity index is 299. The maximum Gasteiger partial charge on any atom is 0.407 e. The molecule has 19 heavy (non-hydrogen) atoms. The van der Waals surface area contributed by atoms with Gasteiger partial charge in [0.2, 0.25) is 0 Å². The standard InChI is InChI=1S/C13H23NO5/c1-18-7-8-19-12(17)14-10-13(9-11(15)16)5-3-2-4-6-13/h2-10H2,1H3,(H,14,17)(H,15,16). The van der Waals surface area contributed by atoms with E-state index in [1.165, 1.54) is 7.11 Å². The summed E-state index contributed by atoms with van der Waals surface area (Å²) in [5.41, 5.74) is -0.315. The van der Waals surface area contributed by atoms with Crippen molar-refractivity contribution in [2.24, 2.45) is 5.41 Å². The van der Waals surface area contributed by atoms with Crippen LogP contribution in [0.4, 0.5) is 4.79 Å². The summed E-state index contributed by atoms with van der Waals surface area (Å²) >= 11 is 0. The average molecular weight is 273 g/mol. The zero-order valence-electron chi connectivity index (χ0n) is 11.4. The molecule has 0 unspecified atom stereocenters. The molecule has 0 aromatic heterocycles. The molecule has 6 heteroatoms. The largest absolute Gasteiger partial charge is 0.481 e. The van der Waals surface area contributed by atoms with E-state index in [9.17, 15) is 9.59 Å². The number of amides is 1. The minimum absolute atomic E-state index is 0.103. The highest BCUT2D eigenvalue weighted by Gasteiger charge is 2.34. The number of rotatable bonds is 7. The van der Waals surface area contributed by atoms with Gasteiger partial charge in [-0.15, -0.1) is 0 Å². The quantitative estimate of drug-likeness (QED) is 0.691. The molecule has 1 aliphatic rings. The van der Waals surface area contributed by atoms with Crippen molar-refractivity contribution < 1.29 is 24.2 Å². The zero-order chi connectivity index (χ0) is 14.1. The third kappa shape index (κ3) is 5.92. The molecule has 0 atom stereocenters. The summed E-state index contributed by atoms with van der Waals surface area (Å²) in [6, 6.07) is 0. The Morgan fingerprint density at radius 3 is 2.47 bits per heavy atom. The molecule has 0 aliphatic heterocycles. The molecule has 6 nitrogen and oxygen atoms in total. The van der Waals surface area contributed by atoms with E-state index in [4.69, 9.17) is 14.6 Å². The Labute approximate surface area is 113 Å². The van der Waals surface area contributed by atoms with Crippen molar-refractivity contribution in [2.45, 2.75) is 38.5 Å². The molecule has 1 rings (SSSR count). The summed E-state index contributed by atoms with van der Waals surface area (Å²) in [5.74, 6) is -0.809. The van der Waals surface area contributed by atoms with Crippen LogP contribution in [0.3, 0.4) is 0 Å². The highest BCUT2D eigenvalue weighted by Crippen LogP contribution is 2.38. The SMILES string of the molecule is COCCOC(=O)NCC1(CC(=O)O)CCCCC1. The van der Waals surface area contributed by atoms with Crippen LogP contribution in [0.15, 0.2) is 0 Å². The van der Waals surface area contributed by atoms with Crippen molar-refractivity contribution in [1.29, 1.82) is 0 Å². The Hall–Kier alpha value is -1.30. The minimum atomic E-state index is -0.809. The minimum Gasteiger partial charge on any atom is -0.481 e. The highest BCUT2D eigenvalue weighted by atomic mass is 16.6. The number of aliphatic carboxylic acids is 1. The molecule has 1 amide bonds. The molecule has 110 valence electrons. The first-order valence-corrected chi connectivity index (χ1v) is 6.69. The van der Waals surface area contributed by atoms with Crippen LogP contribution in [0.1, 0.15) is 38.5 Å². The smallest absolute Gasteiger partial charge is 0.407 e. The number of ether oxygens (including phenoxy) is 2. The van der Waals surface area contributed by atoms with Crippen LogP contribution >= 0.6 is 0 Å². The van der Waals surface area contributed by atoms with Gasteiger partial charge in [0, 0.05) is 13.7 Å². The summed E-state index contributed by atoms with van der Waals surface area (Å²) in [4.78, 5) is 22.4. The summed E-state index contributed by atoms with van der Waals surface area (Å²) < 4.78 is 9.68. The van der Waals surface area contributed by atoms with Gasteiger partial charge >= 0.3 is 12.1 Å². The second-order valence-corrected chi connectivity index (χ2v) is 5.11. The predicted octanol–water partition coefficient (Wildman–Crippen LogP) is 1.78. The van der Waals surface area contributed by atoms with Crippen LogP contribution in [0.25, 0.3) is 0 Å². The van der Waals surface area contributed by atoms with Gasteiger partial charge in [0.15, 0.2) is 0 Å². The lowest BCUT2D eigenvalue weighted by Crippen LogP contribution is -2.40. The Morgan fingerprint density at radius 1 is 1.21 bits per heavy atom. The third-order valence-corrected chi connectivity index (χ3v) is 3.57. The molecule has 0 aromatic rings. The fourth-order valence-electron chi connectivity index (χ4n) is 2.57. The van der Waals surface area contributed by atoms with Crippen molar-refractivity contribution in [3.63, 3.8) is 0 Å². The normalized spacial score (nSPS) is 17.7. The molecule has 2 N–H and O–H groups in total. The fourth-order valence-corrected chi connectivity index (χ4v) is 2.57. The first-order chi connectivity index (χ1) is 9.08. The van der Waals surface area contributed by atoms with Gasteiger partial charge in [0.05, 0.1) is 13.0 Å². The number of hydrogen-bond acceptors (Lipinski definition) is 4. The topological polar surface area (TPSA) is 84.9 Å². The van der Waals surface area contributed by atoms with Gasteiger partial charge in [0.1, 0.15) is 6.61 Å². The van der Waals surface area contributed by atoms with Gasteiger partial charge in [-0.05, 0) is 18.3 Å². The molecule has 1 aliphatic carbocycles. The maximum absolute atomic E-state index is 11.5. The molecule has 0 heterocycles. The fraction of sp³-hybridized carbons (Fsp3) is 0.846.